The van der Waals surface area contributed by atoms with E-state index in [1.807, 2.05) is 0 Å². The van der Waals surface area contributed by atoms with E-state index in [9.17, 15) is 10.1 Å². The Hall–Kier alpha value is -1.82. The van der Waals surface area contributed by atoms with Crippen LogP contribution in [0, 0.1) is 10.1 Å². The number of nitro groups is 1. The normalized spacial score (nSPS) is 23.4. The average molecular weight is 279 g/mol. The Morgan fingerprint density at radius 1 is 1.50 bits per heavy atom. The van der Waals surface area contributed by atoms with E-state index in [4.69, 9.17) is 4.74 Å². The van der Waals surface area contributed by atoms with Crippen LogP contribution in [0.4, 0.5) is 11.4 Å². The van der Waals surface area contributed by atoms with Crippen LogP contribution in [0.2, 0.25) is 0 Å². The average Bonchev–Trinajstić information content (AvgIpc) is 2.43. The maximum absolute atomic E-state index is 11.1. The number of rotatable bonds is 4. The molecule has 110 valence electrons. The molecule has 0 aromatic heterocycles. The highest BCUT2D eigenvalue weighted by Crippen LogP contribution is 2.31. The van der Waals surface area contributed by atoms with Crippen molar-refractivity contribution in [2.75, 3.05) is 26.0 Å². The highest BCUT2D eigenvalue weighted by molar-refractivity contribution is 5.64. The zero-order valence-corrected chi connectivity index (χ0v) is 12.1. The molecule has 0 spiro atoms. The SMILES string of the molecule is COc1ccc(NC2CCN(C)C(C)C2)c([N+](=O)[O-])c1. The number of benzene rings is 1. The fourth-order valence-electron chi connectivity index (χ4n) is 2.55. The molecule has 0 bridgehead atoms. The Labute approximate surface area is 118 Å². The molecule has 1 aliphatic rings. The molecule has 1 aromatic rings. The third-order valence-electron chi connectivity index (χ3n) is 3.97. The Morgan fingerprint density at radius 3 is 2.85 bits per heavy atom. The first kappa shape index (κ1) is 14.6. The number of piperidine rings is 1. The smallest absolute Gasteiger partial charge is 0.296 e. The predicted octanol–water partition coefficient (Wildman–Crippen LogP) is 2.50. The summed E-state index contributed by atoms with van der Waals surface area (Å²) >= 11 is 0. The minimum absolute atomic E-state index is 0.0657. The molecule has 0 radical (unpaired) electrons. The van der Waals surface area contributed by atoms with Crippen molar-refractivity contribution in [3.05, 3.63) is 28.3 Å². The Morgan fingerprint density at radius 2 is 2.25 bits per heavy atom. The molecule has 20 heavy (non-hydrogen) atoms. The third-order valence-corrected chi connectivity index (χ3v) is 3.97. The highest BCUT2D eigenvalue weighted by atomic mass is 16.6. The highest BCUT2D eigenvalue weighted by Gasteiger charge is 2.25. The Bertz CT molecular complexity index is 493. The summed E-state index contributed by atoms with van der Waals surface area (Å²) in [6, 6.07) is 5.68. The van der Waals surface area contributed by atoms with Gasteiger partial charge in [0.05, 0.1) is 18.1 Å². The van der Waals surface area contributed by atoms with Crippen LogP contribution < -0.4 is 10.1 Å². The van der Waals surface area contributed by atoms with Gasteiger partial charge in [-0.05, 0) is 38.9 Å². The molecule has 2 rings (SSSR count). The van der Waals surface area contributed by atoms with Crippen molar-refractivity contribution >= 4 is 11.4 Å². The van der Waals surface area contributed by atoms with Crippen LogP contribution in [-0.4, -0.2) is 42.6 Å². The van der Waals surface area contributed by atoms with Crippen LogP contribution in [0.3, 0.4) is 0 Å². The first-order valence-electron chi connectivity index (χ1n) is 6.80. The molecule has 6 heteroatoms. The molecule has 1 N–H and O–H groups in total. The molecular formula is C14H21N3O3. The third kappa shape index (κ3) is 3.19. The molecule has 6 nitrogen and oxygen atoms in total. The molecule has 2 atom stereocenters. The number of nitrogens with one attached hydrogen (secondary N) is 1. The summed E-state index contributed by atoms with van der Waals surface area (Å²) in [7, 11) is 3.61. The van der Waals surface area contributed by atoms with Crippen molar-refractivity contribution in [3.8, 4) is 5.75 Å². The van der Waals surface area contributed by atoms with Gasteiger partial charge in [-0.25, -0.2) is 0 Å². The summed E-state index contributed by atoms with van der Waals surface area (Å²) in [6.45, 7) is 3.18. The van der Waals surface area contributed by atoms with Gasteiger partial charge in [0.25, 0.3) is 5.69 Å². The second-order valence-corrected chi connectivity index (χ2v) is 5.34. The van der Waals surface area contributed by atoms with E-state index in [0.717, 1.165) is 19.4 Å². The van der Waals surface area contributed by atoms with Gasteiger partial charge in [0.1, 0.15) is 11.4 Å². The fraction of sp³-hybridized carbons (Fsp3) is 0.571. The van der Waals surface area contributed by atoms with Crippen LogP contribution >= 0.6 is 0 Å². The lowest BCUT2D eigenvalue weighted by Gasteiger charge is -2.35. The molecule has 1 heterocycles. The van der Waals surface area contributed by atoms with Gasteiger partial charge in [0, 0.05) is 18.6 Å². The number of nitro benzene ring substituents is 1. The summed E-state index contributed by atoms with van der Waals surface area (Å²) in [6.07, 6.45) is 1.98. The maximum atomic E-state index is 11.1. The fourth-order valence-corrected chi connectivity index (χ4v) is 2.55. The molecule has 1 aliphatic heterocycles. The lowest BCUT2D eigenvalue weighted by atomic mass is 9.98. The molecule has 0 aliphatic carbocycles. The predicted molar refractivity (Wildman–Crippen MR) is 78.4 cm³/mol. The van der Waals surface area contributed by atoms with E-state index in [2.05, 4.69) is 24.2 Å². The van der Waals surface area contributed by atoms with E-state index in [1.165, 1.54) is 13.2 Å². The number of hydrogen-bond acceptors (Lipinski definition) is 5. The van der Waals surface area contributed by atoms with E-state index in [-0.39, 0.29) is 16.7 Å². The largest absolute Gasteiger partial charge is 0.496 e. The number of ether oxygens (including phenoxy) is 1. The lowest BCUT2D eigenvalue weighted by molar-refractivity contribution is -0.384. The summed E-state index contributed by atoms with van der Waals surface area (Å²) in [5.74, 6) is 0.499. The van der Waals surface area contributed by atoms with Crippen molar-refractivity contribution in [1.82, 2.24) is 4.90 Å². The number of likely N-dealkylation sites (tertiary alicyclic amines) is 1. The van der Waals surface area contributed by atoms with Crippen LogP contribution in [0.15, 0.2) is 18.2 Å². The van der Waals surface area contributed by atoms with Gasteiger partial charge in [-0.2, -0.15) is 0 Å². The van der Waals surface area contributed by atoms with Crippen LogP contribution in [0.5, 0.6) is 5.75 Å². The van der Waals surface area contributed by atoms with E-state index in [1.54, 1.807) is 12.1 Å². The van der Waals surface area contributed by atoms with Crippen molar-refractivity contribution in [3.63, 3.8) is 0 Å². The van der Waals surface area contributed by atoms with Crippen molar-refractivity contribution in [1.29, 1.82) is 0 Å². The summed E-state index contributed by atoms with van der Waals surface area (Å²) in [5.41, 5.74) is 0.633. The van der Waals surface area contributed by atoms with Gasteiger partial charge in [-0.3, -0.25) is 10.1 Å². The van der Waals surface area contributed by atoms with Gasteiger partial charge in [0.2, 0.25) is 0 Å². The number of methoxy groups -OCH3 is 1. The summed E-state index contributed by atoms with van der Waals surface area (Å²) in [4.78, 5) is 13.1. The van der Waals surface area contributed by atoms with Crippen molar-refractivity contribution in [2.24, 2.45) is 0 Å². The molecule has 0 amide bonds. The number of anilines is 1. The van der Waals surface area contributed by atoms with Crippen LogP contribution in [-0.2, 0) is 0 Å². The zero-order valence-electron chi connectivity index (χ0n) is 12.1. The first-order chi connectivity index (χ1) is 9.51. The molecular weight excluding hydrogens is 258 g/mol. The molecule has 1 saturated heterocycles. The van der Waals surface area contributed by atoms with Gasteiger partial charge in [-0.15, -0.1) is 0 Å². The van der Waals surface area contributed by atoms with Crippen molar-refractivity contribution < 1.29 is 9.66 Å². The molecule has 1 aromatic carbocycles. The summed E-state index contributed by atoms with van der Waals surface area (Å²) < 4.78 is 5.04. The lowest BCUT2D eigenvalue weighted by Crippen LogP contribution is -2.42. The quantitative estimate of drug-likeness (QED) is 0.677. The molecule has 1 fully saturated rings. The molecule has 2 unspecified atom stereocenters. The number of hydrogen-bond donors (Lipinski definition) is 1. The Balaban J connectivity index is 2.14. The van der Waals surface area contributed by atoms with E-state index in [0.29, 0.717) is 17.5 Å². The monoisotopic (exact) mass is 279 g/mol. The van der Waals surface area contributed by atoms with Gasteiger partial charge in [0.15, 0.2) is 0 Å². The minimum Gasteiger partial charge on any atom is -0.496 e. The van der Waals surface area contributed by atoms with Crippen molar-refractivity contribution in [2.45, 2.75) is 31.8 Å². The van der Waals surface area contributed by atoms with Gasteiger partial charge < -0.3 is 15.0 Å². The second kappa shape index (κ2) is 6.09. The van der Waals surface area contributed by atoms with Crippen LogP contribution in [0.1, 0.15) is 19.8 Å². The topological polar surface area (TPSA) is 67.6 Å². The second-order valence-electron chi connectivity index (χ2n) is 5.34. The first-order valence-corrected chi connectivity index (χ1v) is 6.80. The zero-order chi connectivity index (χ0) is 14.7. The van der Waals surface area contributed by atoms with E-state index < -0.39 is 0 Å². The summed E-state index contributed by atoms with van der Waals surface area (Å²) in [5, 5.41) is 14.5. The number of nitrogens with zero attached hydrogens (tertiary/aromatic N) is 2. The standard InChI is InChI=1S/C14H21N3O3/c1-10-8-11(6-7-16(10)2)15-13-5-4-12(20-3)9-14(13)17(18)19/h4-5,9-11,15H,6-8H2,1-3H3. The van der Waals surface area contributed by atoms with Crippen LogP contribution in [0.25, 0.3) is 0 Å². The van der Waals surface area contributed by atoms with Gasteiger partial charge >= 0.3 is 0 Å². The minimum atomic E-state index is -0.372. The Kier molecular flexibility index (Phi) is 4.44. The van der Waals surface area contributed by atoms with E-state index >= 15 is 0 Å². The van der Waals surface area contributed by atoms with Gasteiger partial charge in [-0.1, -0.05) is 0 Å². The molecule has 0 saturated carbocycles. The maximum Gasteiger partial charge on any atom is 0.296 e.